The van der Waals surface area contributed by atoms with E-state index in [0.717, 1.165) is 32.5 Å². The van der Waals surface area contributed by atoms with Gasteiger partial charge in [-0.25, -0.2) is 0 Å². The van der Waals surface area contributed by atoms with Gasteiger partial charge in [-0.15, -0.1) is 0 Å². The zero-order chi connectivity index (χ0) is 12.2. The number of unbranched alkanes of at least 4 members (excludes halogenated alkanes) is 3. The molecule has 0 aromatic heterocycles. The molecule has 0 aromatic rings. The fraction of sp³-hybridized carbons (Fsp3) is 0.923. The van der Waals surface area contributed by atoms with Crippen LogP contribution in [0.1, 0.15) is 45.4 Å². The molecule has 0 saturated carbocycles. The molecule has 0 spiro atoms. The van der Waals surface area contributed by atoms with Crippen molar-refractivity contribution < 1.29 is 4.79 Å². The zero-order valence-corrected chi connectivity index (χ0v) is 11.2. The standard InChI is InChI=1S/C13H28N2O/c1-13(16)9-8-12-15(3)11-7-5-4-6-10-14-2/h14H,4-12H2,1-3H3. The highest BCUT2D eigenvalue weighted by Crippen LogP contribution is 2.01. The number of ketones is 1. The summed E-state index contributed by atoms with van der Waals surface area (Å²) in [7, 11) is 4.15. The number of hydrogen-bond acceptors (Lipinski definition) is 3. The average Bonchev–Trinajstić information content (AvgIpc) is 2.22. The molecule has 16 heavy (non-hydrogen) atoms. The van der Waals surface area contributed by atoms with Crippen LogP contribution in [0.4, 0.5) is 0 Å². The Morgan fingerprint density at radius 1 is 1.06 bits per heavy atom. The normalized spacial score (nSPS) is 11.0. The Labute approximate surface area is 101 Å². The predicted octanol–water partition coefficient (Wildman–Crippen LogP) is 2.07. The third kappa shape index (κ3) is 11.7. The highest BCUT2D eigenvalue weighted by molar-refractivity contribution is 5.75. The Morgan fingerprint density at radius 2 is 1.69 bits per heavy atom. The molecule has 3 heteroatoms. The molecule has 0 fully saturated rings. The molecule has 0 radical (unpaired) electrons. The lowest BCUT2D eigenvalue weighted by Gasteiger charge is -2.15. The summed E-state index contributed by atoms with van der Waals surface area (Å²) in [4.78, 5) is 13.1. The van der Waals surface area contributed by atoms with E-state index < -0.39 is 0 Å². The third-order valence-electron chi connectivity index (χ3n) is 2.79. The van der Waals surface area contributed by atoms with Crippen LogP contribution < -0.4 is 5.32 Å². The van der Waals surface area contributed by atoms with Crippen molar-refractivity contribution in [2.45, 2.75) is 45.4 Å². The van der Waals surface area contributed by atoms with Gasteiger partial charge in [0, 0.05) is 6.42 Å². The van der Waals surface area contributed by atoms with Gasteiger partial charge < -0.3 is 15.0 Å². The maximum Gasteiger partial charge on any atom is 0.129 e. The quantitative estimate of drug-likeness (QED) is 0.549. The van der Waals surface area contributed by atoms with Gasteiger partial charge in [0.25, 0.3) is 0 Å². The molecule has 0 rings (SSSR count). The lowest BCUT2D eigenvalue weighted by atomic mass is 10.2. The molecule has 0 aromatic carbocycles. The van der Waals surface area contributed by atoms with Crippen LogP contribution in [0.5, 0.6) is 0 Å². The summed E-state index contributed by atoms with van der Waals surface area (Å²) in [6.45, 7) is 5.02. The van der Waals surface area contributed by atoms with Crippen LogP contribution in [0.25, 0.3) is 0 Å². The van der Waals surface area contributed by atoms with E-state index in [1.54, 1.807) is 6.92 Å². The minimum Gasteiger partial charge on any atom is -0.320 e. The topological polar surface area (TPSA) is 32.3 Å². The molecule has 0 amide bonds. The summed E-state index contributed by atoms with van der Waals surface area (Å²) in [5.74, 6) is 0.306. The van der Waals surface area contributed by atoms with Crippen LogP contribution in [-0.2, 0) is 4.79 Å². The summed E-state index contributed by atoms with van der Waals surface area (Å²) in [5, 5.41) is 3.16. The minimum absolute atomic E-state index is 0.306. The van der Waals surface area contributed by atoms with Gasteiger partial charge >= 0.3 is 0 Å². The Bertz CT molecular complexity index is 171. The largest absolute Gasteiger partial charge is 0.320 e. The van der Waals surface area contributed by atoms with Gasteiger partial charge in [-0.1, -0.05) is 12.8 Å². The summed E-state index contributed by atoms with van der Waals surface area (Å²) in [6, 6.07) is 0. The van der Waals surface area contributed by atoms with Crippen molar-refractivity contribution in [2.75, 3.05) is 33.7 Å². The number of nitrogens with zero attached hydrogens (tertiary/aromatic N) is 1. The van der Waals surface area contributed by atoms with Crippen molar-refractivity contribution in [3.8, 4) is 0 Å². The summed E-state index contributed by atoms with van der Waals surface area (Å²) in [6.07, 6.45) is 6.93. The van der Waals surface area contributed by atoms with Gasteiger partial charge in [-0.3, -0.25) is 0 Å². The molecule has 0 unspecified atom stereocenters. The molecule has 0 atom stereocenters. The second-order valence-corrected chi connectivity index (χ2v) is 4.63. The first kappa shape index (κ1) is 15.6. The fourth-order valence-corrected chi connectivity index (χ4v) is 1.75. The van der Waals surface area contributed by atoms with E-state index in [1.807, 2.05) is 7.05 Å². The monoisotopic (exact) mass is 228 g/mol. The molecule has 0 aliphatic heterocycles. The van der Waals surface area contributed by atoms with E-state index in [2.05, 4.69) is 17.3 Å². The van der Waals surface area contributed by atoms with Crippen molar-refractivity contribution in [2.24, 2.45) is 0 Å². The van der Waals surface area contributed by atoms with E-state index in [9.17, 15) is 4.79 Å². The summed E-state index contributed by atoms with van der Waals surface area (Å²) in [5.41, 5.74) is 0. The first-order valence-corrected chi connectivity index (χ1v) is 6.49. The van der Waals surface area contributed by atoms with Gasteiger partial charge in [0.2, 0.25) is 0 Å². The van der Waals surface area contributed by atoms with Crippen molar-refractivity contribution >= 4 is 5.78 Å². The average molecular weight is 228 g/mol. The van der Waals surface area contributed by atoms with Crippen molar-refractivity contribution in [3.63, 3.8) is 0 Å². The van der Waals surface area contributed by atoms with Gasteiger partial charge in [-0.2, -0.15) is 0 Å². The van der Waals surface area contributed by atoms with E-state index in [0.29, 0.717) is 5.78 Å². The van der Waals surface area contributed by atoms with Crippen LogP contribution in [0, 0.1) is 0 Å². The van der Waals surface area contributed by atoms with Crippen LogP contribution in [0.2, 0.25) is 0 Å². The second kappa shape index (κ2) is 11.1. The molecule has 96 valence electrons. The molecule has 1 N–H and O–H groups in total. The highest BCUT2D eigenvalue weighted by atomic mass is 16.1. The first-order chi connectivity index (χ1) is 7.66. The third-order valence-corrected chi connectivity index (χ3v) is 2.79. The van der Waals surface area contributed by atoms with E-state index in [-0.39, 0.29) is 0 Å². The lowest BCUT2D eigenvalue weighted by Crippen LogP contribution is -2.21. The SMILES string of the molecule is CNCCCCCCN(C)CCCC(C)=O. The van der Waals surface area contributed by atoms with Crippen LogP contribution in [0.15, 0.2) is 0 Å². The Balaban J connectivity index is 3.17. The van der Waals surface area contributed by atoms with Crippen molar-refractivity contribution in [1.29, 1.82) is 0 Å². The second-order valence-electron chi connectivity index (χ2n) is 4.63. The Hall–Kier alpha value is -0.410. The molecule has 0 saturated heterocycles. The fourth-order valence-electron chi connectivity index (χ4n) is 1.75. The maximum absolute atomic E-state index is 10.8. The molecule has 0 aliphatic rings. The number of rotatable bonds is 11. The maximum atomic E-state index is 10.8. The molecule has 0 aliphatic carbocycles. The van der Waals surface area contributed by atoms with Crippen molar-refractivity contribution in [1.82, 2.24) is 10.2 Å². The number of nitrogens with one attached hydrogen (secondary N) is 1. The predicted molar refractivity (Wildman–Crippen MR) is 69.8 cm³/mol. The van der Waals surface area contributed by atoms with Crippen molar-refractivity contribution in [3.05, 3.63) is 0 Å². The number of carbonyl (C=O) groups is 1. The van der Waals surface area contributed by atoms with Crippen LogP contribution >= 0.6 is 0 Å². The van der Waals surface area contributed by atoms with Gasteiger partial charge in [0.1, 0.15) is 5.78 Å². The number of Topliss-reactive ketones (excluding diaryl/α,β-unsaturated/α-hetero) is 1. The molecular weight excluding hydrogens is 200 g/mol. The van der Waals surface area contributed by atoms with E-state index >= 15 is 0 Å². The zero-order valence-electron chi connectivity index (χ0n) is 11.2. The van der Waals surface area contributed by atoms with E-state index in [4.69, 9.17) is 0 Å². The smallest absolute Gasteiger partial charge is 0.129 e. The molecule has 3 nitrogen and oxygen atoms in total. The Kier molecular flexibility index (Phi) is 10.8. The van der Waals surface area contributed by atoms with Crippen LogP contribution in [0.3, 0.4) is 0 Å². The van der Waals surface area contributed by atoms with E-state index in [1.165, 1.54) is 25.7 Å². The summed E-state index contributed by atoms with van der Waals surface area (Å²) >= 11 is 0. The van der Waals surface area contributed by atoms with Gasteiger partial charge in [-0.05, 0) is 59.9 Å². The lowest BCUT2D eigenvalue weighted by molar-refractivity contribution is -0.117. The number of hydrogen-bond donors (Lipinski definition) is 1. The Morgan fingerprint density at radius 3 is 2.31 bits per heavy atom. The number of carbonyl (C=O) groups excluding carboxylic acids is 1. The summed E-state index contributed by atoms with van der Waals surface area (Å²) < 4.78 is 0. The highest BCUT2D eigenvalue weighted by Gasteiger charge is 1.99. The van der Waals surface area contributed by atoms with Gasteiger partial charge in [0.15, 0.2) is 0 Å². The van der Waals surface area contributed by atoms with Crippen LogP contribution in [-0.4, -0.2) is 44.4 Å². The first-order valence-electron chi connectivity index (χ1n) is 6.49. The van der Waals surface area contributed by atoms with Gasteiger partial charge in [0.05, 0.1) is 0 Å². The molecule has 0 bridgehead atoms. The molecule has 0 heterocycles. The minimum atomic E-state index is 0.306. The molecular formula is C13H28N2O.